The third-order valence-electron chi connectivity index (χ3n) is 5.70. The molecule has 0 bridgehead atoms. The van der Waals surface area contributed by atoms with Crippen LogP contribution in [0, 0.1) is 0 Å². The van der Waals surface area contributed by atoms with Crippen molar-refractivity contribution in [3.63, 3.8) is 0 Å². The first-order valence-electron chi connectivity index (χ1n) is 9.89. The van der Waals surface area contributed by atoms with Gasteiger partial charge in [-0.1, -0.05) is 0 Å². The topological polar surface area (TPSA) is 134 Å². The molecule has 4 amide bonds. The number of imide groups is 2. The molecular weight excluding hydrogens is 430 g/mol. The molecule has 1 N–H and O–H groups in total. The van der Waals surface area contributed by atoms with Gasteiger partial charge in [-0.05, 0) is 36.4 Å². The Morgan fingerprint density at radius 1 is 0.848 bits per heavy atom. The zero-order valence-corrected chi connectivity index (χ0v) is 17.2. The molecule has 164 valence electrons. The number of rotatable bonds is 4. The molecule has 2 aliphatic heterocycles. The number of aliphatic hydroxyl groups excluding tert-OH is 1. The normalized spacial score (nSPS) is 14.8. The van der Waals surface area contributed by atoms with Crippen LogP contribution in [0.5, 0.6) is 0 Å². The Bertz CT molecular complexity index is 1340. The molecule has 0 saturated carbocycles. The molecule has 5 rings (SSSR count). The number of aliphatic hydroxyl groups is 1. The van der Waals surface area contributed by atoms with Gasteiger partial charge >= 0.3 is 5.97 Å². The third-order valence-corrected chi connectivity index (χ3v) is 5.70. The number of nitrogens with zero attached hydrogens (tertiary/aromatic N) is 3. The van der Waals surface area contributed by atoms with Crippen molar-refractivity contribution in [3.8, 4) is 0 Å². The van der Waals surface area contributed by atoms with Gasteiger partial charge in [-0.3, -0.25) is 24.1 Å². The Morgan fingerprint density at radius 2 is 1.36 bits per heavy atom. The van der Waals surface area contributed by atoms with Gasteiger partial charge in [0, 0.05) is 39.2 Å². The third kappa shape index (κ3) is 2.77. The number of hydrogen-bond acceptors (Lipinski definition) is 8. The van der Waals surface area contributed by atoms with E-state index >= 15 is 0 Å². The zero-order valence-electron chi connectivity index (χ0n) is 17.2. The number of carbonyl (C=O) groups is 5. The van der Waals surface area contributed by atoms with Crippen LogP contribution in [0.4, 0.5) is 5.82 Å². The fourth-order valence-electron chi connectivity index (χ4n) is 4.19. The monoisotopic (exact) mass is 445 g/mol. The number of aromatic nitrogens is 1. The van der Waals surface area contributed by atoms with Gasteiger partial charge in [-0.25, -0.2) is 14.7 Å². The van der Waals surface area contributed by atoms with Crippen LogP contribution in [0.15, 0.2) is 42.6 Å². The van der Waals surface area contributed by atoms with E-state index in [1.165, 1.54) is 49.7 Å². The fourth-order valence-corrected chi connectivity index (χ4v) is 4.19. The molecule has 3 heterocycles. The number of pyridine rings is 1. The van der Waals surface area contributed by atoms with Gasteiger partial charge in [0.25, 0.3) is 23.6 Å². The summed E-state index contributed by atoms with van der Waals surface area (Å²) in [6.07, 6.45) is 1.20. The zero-order chi connectivity index (χ0) is 23.4. The van der Waals surface area contributed by atoms with Crippen LogP contribution in [-0.4, -0.2) is 64.8 Å². The molecule has 0 spiro atoms. The summed E-state index contributed by atoms with van der Waals surface area (Å²) in [6.45, 7) is -0.555. The van der Waals surface area contributed by atoms with E-state index < -0.39 is 29.6 Å². The number of carbonyl (C=O) groups excluding carboxylic acids is 5. The largest absolute Gasteiger partial charge is 0.465 e. The second-order valence-electron chi connectivity index (χ2n) is 7.40. The number of hydrogen-bond donors (Lipinski definition) is 1. The molecule has 1 aromatic heterocycles. The number of methoxy groups -OCH3 is 1. The minimum Gasteiger partial charge on any atom is -0.465 e. The number of benzene rings is 2. The van der Waals surface area contributed by atoms with E-state index in [0.29, 0.717) is 0 Å². The molecule has 33 heavy (non-hydrogen) atoms. The quantitative estimate of drug-likeness (QED) is 0.471. The lowest BCUT2D eigenvalue weighted by Crippen LogP contribution is -2.44. The molecule has 0 unspecified atom stereocenters. The van der Waals surface area contributed by atoms with Crippen molar-refractivity contribution in [1.82, 2.24) is 9.88 Å². The first-order valence-corrected chi connectivity index (χ1v) is 9.89. The molecule has 0 fully saturated rings. The Kier molecular flexibility index (Phi) is 4.53. The summed E-state index contributed by atoms with van der Waals surface area (Å²) in [7, 11) is 1.22. The Hall–Kier alpha value is -4.44. The predicted octanol–water partition coefficient (Wildman–Crippen LogP) is 1.41. The van der Waals surface area contributed by atoms with E-state index in [0.717, 1.165) is 9.80 Å². The second-order valence-corrected chi connectivity index (χ2v) is 7.40. The van der Waals surface area contributed by atoms with Crippen LogP contribution >= 0.6 is 0 Å². The van der Waals surface area contributed by atoms with E-state index in [4.69, 9.17) is 0 Å². The van der Waals surface area contributed by atoms with Gasteiger partial charge < -0.3 is 9.84 Å². The Balaban J connectivity index is 1.66. The summed E-state index contributed by atoms with van der Waals surface area (Å²) < 4.78 is 4.63. The van der Waals surface area contributed by atoms with Crippen molar-refractivity contribution < 1.29 is 33.8 Å². The summed E-state index contributed by atoms with van der Waals surface area (Å²) in [5, 5.41) is 9.70. The highest BCUT2D eigenvalue weighted by Crippen LogP contribution is 2.38. The van der Waals surface area contributed by atoms with Crippen LogP contribution in [0.3, 0.4) is 0 Å². The first-order chi connectivity index (χ1) is 15.9. The summed E-state index contributed by atoms with van der Waals surface area (Å²) >= 11 is 0. The number of esters is 1. The molecule has 0 radical (unpaired) electrons. The minimum absolute atomic E-state index is 0.0120. The van der Waals surface area contributed by atoms with E-state index in [2.05, 4.69) is 9.72 Å². The van der Waals surface area contributed by atoms with E-state index in [1.54, 1.807) is 0 Å². The molecular formula is C23H15N3O7. The number of amides is 4. The van der Waals surface area contributed by atoms with Gasteiger partial charge in [0.15, 0.2) is 0 Å². The molecule has 10 heteroatoms. The van der Waals surface area contributed by atoms with Gasteiger partial charge in [0.2, 0.25) is 0 Å². The average molecular weight is 445 g/mol. The summed E-state index contributed by atoms with van der Waals surface area (Å²) in [5.41, 5.74) is 0.781. The van der Waals surface area contributed by atoms with Crippen LogP contribution in [0.1, 0.15) is 51.8 Å². The fraction of sp³-hybridized carbons (Fsp3) is 0.130. The van der Waals surface area contributed by atoms with Crippen LogP contribution in [-0.2, 0) is 4.74 Å². The molecule has 2 aliphatic rings. The molecule has 3 aromatic rings. The summed E-state index contributed by atoms with van der Waals surface area (Å²) in [6, 6.07) is 8.47. The maximum Gasteiger partial charge on any atom is 0.339 e. The number of anilines is 1. The lowest BCUT2D eigenvalue weighted by Gasteiger charge is -2.31. The Morgan fingerprint density at radius 3 is 1.79 bits per heavy atom. The van der Waals surface area contributed by atoms with Crippen LogP contribution in [0.25, 0.3) is 10.8 Å². The highest BCUT2D eigenvalue weighted by Gasteiger charge is 2.40. The van der Waals surface area contributed by atoms with Gasteiger partial charge in [0.05, 0.1) is 25.8 Å². The van der Waals surface area contributed by atoms with Crippen molar-refractivity contribution in [2.24, 2.45) is 0 Å². The molecule has 2 aromatic carbocycles. The smallest absolute Gasteiger partial charge is 0.339 e. The summed E-state index contributed by atoms with van der Waals surface area (Å²) in [5.74, 6) is -3.16. The highest BCUT2D eigenvalue weighted by molar-refractivity contribution is 6.39. The SMILES string of the molecule is COC(=O)c1ccc(N2C(=O)c3ccc4c5c(ccc(c35)C2=O)C(=O)N(CCO)C4=O)nc1. The van der Waals surface area contributed by atoms with Crippen LogP contribution in [0.2, 0.25) is 0 Å². The van der Waals surface area contributed by atoms with E-state index in [9.17, 15) is 29.1 Å². The number of ether oxygens (including phenoxy) is 1. The predicted molar refractivity (Wildman–Crippen MR) is 113 cm³/mol. The Labute approximate surface area is 186 Å². The summed E-state index contributed by atoms with van der Waals surface area (Å²) in [4.78, 5) is 69.9. The molecule has 0 aliphatic carbocycles. The lowest BCUT2D eigenvalue weighted by atomic mass is 9.86. The molecule has 10 nitrogen and oxygen atoms in total. The van der Waals surface area contributed by atoms with Gasteiger partial charge in [-0.15, -0.1) is 0 Å². The second kappa shape index (κ2) is 7.31. The highest BCUT2D eigenvalue weighted by atomic mass is 16.5. The minimum atomic E-state index is -0.674. The average Bonchev–Trinajstić information content (AvgIpc) is 2.83. The van der Waals surface area contributed by atoms with E-state index in [1.807, 2.05) is 0 Å². The van der Waals surface area contributed by atoms with Gasteiger partial charge in [-0.2, -0.15) is 0 Å². The molecule has 0 saturated heterocycles. The number of β-amino-alcohol motifs (C(OH)–C–C–N with tert-alkyl or cyclic N) is 1. The van der Waals surface area contributed by atoms with Crippen molar-refractivity contribution in [3.05, 3.63) is 70.4 Å². The van der Waals surface area contributed by atoms with Crippen molar-refractivity contribution in [2.75, 3.05) is 25.2 Å². The van der Waals surface area contributed by atoms with Crippen molar-refractivity contribution in [1.29, 1.82) is 0 Å². The lowest BCUT2D eigenvalue weighted by molar-refractivity contribution is 0.0575. The maximum absolute atomic E-state index is 13.3. The molecule has 0 atom stereocenters. The van der Waals surface area contributed by atoms with E-state index in [-0.39, 0.29) is 57.6 Å². The van der Waals surface area contributed by atoms with Crippen molar-refractivity contribution >= 4 is 46.2 Å². The standard InChI is InChI=1S/C23H15N3O7/c1-33-23(32)11-2-7-16(24-10-11)26-21(30)14-5-3-12-17-13(4-6-15(18(14)17)22(26)31)20(29)25(8-9-27)19(12)28/h2-7,10,27H,8-9H2,1H3. The van der Waals surface area contributed by atoms with Crippen molar-refractivity contribution in [2.45, 2.75) is 0 Å². The van der Waals surface area contributed by atoms with Gasteiger partial charge in [0.1, 0.15) is 5.82 Å². The first kappa shape index (κ1) is 20.5. The maximum atomic E-state index is 13.3. The van der Waals surface area contributed by atoms with Crippen LogP contribution < -0.4 is 4.90 Å².